The zero-order valence-electron chi connectivity index (χ0n) is 10.5. The molecule has 102 valence electrons. The normalized spacial score (nSPS) is 11.7. The van der Waals surface area contributed by atoms with Crippen molar-refractivity contribution in [1.29, 1.82) is 0 Å². The molecule has 1 unspecified atom stereocenters. The molecule has 1 aromatic carbocycles. The maximum absolute atomic E-state index is 11.9. The highest BCUT2D eigenvalue weighted by Gasteiger charge is 2.20. The van der Waals surface area contributed by atoms with Crippen molar-refractivity contribution in [3.63, 3.8) is 0 Å². The predicted octanol–water partition coefficient (Wildman–Crippen LogP) is 2.93. The first-order valence-corrected chi connectivity index (χ1v) is 6.20. The molecule has 0 aliphatic carbocycles. The number of ether oxygens (including phenoxy) is 1. The minimum absolute atomic E-state index is 0.0621. The summed E-state index contributed by atoms with van der Waals surface area (Å²) in [7, 11) is 0. The fourth-order valence-corrected chi connectivity index (χ4v) is 1.65. The van der Waals surface area contributed by atoms with Gasteiger partial charge in [0, 0.05) is 23.0 Å². The van der Waals surface area contributed by atoms with Gasteiger partial charge in [-0.2, -0.15) is 0 Å². The number of hydrogen-bond acceptors (Lipinski definition) is 4. The van der Waals surface area contributed by atoms with Gasteiger partial charge < -0.3 is 9.84 Å². The van der Waals surface area contributed by atoms with E-state index < -0.39 is 12.1 Å². The third kappa shape index (κ3) is 3.44. The molecule has 2 rings (SSSR count). The smallest absolute Gasteiger partial charge is 0.341 e. The van der Waals surface area contributed by atoms with Crippen LogP contribution in [0.25, 0.3) is 0 Å². The van der Waals surface area contributed by atoms with Crippen molar-refractivity contribution in [3.05, 3.63) is 71.5 Å². The van der Waals surface area contributed by atoms with Crippen molar-refractivity contribution in [2.75, 3.05) is 0 Å². The molecular weight excluding hydrogens is 278 g/mol. The van der Waals surface area contributed by atoms with Gasteiger partial charge in [0.1, 0.15) is 11.9 Å². The van der Waals surface area contributed by atoms with Crippen molar-refractivity contribution in [2.45, 2.75) is 6.10 Å². The number of hydrogen-bond donors (Lipinski definition) is 1. The lowest BCUT2D eigenvalue weighted by atomic mass is 10.1. The Morgan fingerprint density at radius 3 is 2.60 bits per heavy atom. The first-order valence-electron chi connectivity index (χ1n) is 5.82. The van der Waals surface area contributed by atoms with Crippen molar-refractivity contribution in [3.8, 4) is 5.75 Å². The van der Waals surface area contributed by atoms with Crippen LogP contribution in [-0.4, -0.2) is 16.1 Å². The van der Waals surface area contributed by atoms with E-state index in [0.29, 0.717) is 16.3 Å². The van der Waals surface area contributed by atoms with Crippen LogP contribution in [0, 0.1) is 0 Å². The van der Waals surface area contributed by atoms with Gasteiger partial charge in [-0.1, -0.05) is 24.2 Å². The highest BCUT2D eigenvalue weighted by atomic mass is 35.5. The fraction of sp³-hybridized carbons (Fsp3) is 0.0667. The third-order valence-corrected chi connectivity index (χ3v) is 2.87. The highest BCUT2D eigenvalue weighted by Crippen LogP contribution is 2.22. The summed E-state index contributed by atoms with van der Waals surface area (Å²) in [5.41, 5.74) is 0.415. The number of aliphatic hydroxyl groups excluding tert-OH is 1. The average molecular weight is 290 g/mol. The highest BCUT2D eigenvalue weighted by molar-refractivity contribution is 6.30. The second-order valence-corrected chi connectivity index (χ2v) is 4.49. The van der Waals surface area contributed by atoms with Crippen LogP contribution in [0.2, 0.25) is 5.02 Å². The van der Waals surface area contributed by atoms with Gasteiger partial charge >= 0.3 is 5.97 Å². The molecule has 4 nitrogen and oxygen atoms in total. The monoisotopic (exact) mass is 289 g/mol. The van der Waals surface area contributed by atoms with Crippen LogP contribution < -0.4 is 4.74 Å². The topological polar surface area (TPSA) is 59.4 Å². The molecule has 0 bridgehead atoms. The van der Waals surface area contributed by atoms with Gasteiger partial charge in [-0.15, -0.1) is 0 Å². The van der Waals surface area contributed by atoms with Crippen LogP contribution in [-0.2, 0) is 4.79 Å². The maximum Gasteiger partial charge on any atom is 0.341 e. The fourth-order valence-electron chi connectivity index (χ4n) is 1.53. The number of carbonyl (C=O) groups excluding carboxylic acids is 1. The number of carbonyl (C=O) groups is 1. The summed E-state index contributed by atoms with van der Waals surface area (Å²) < 4.78 is 5.10. The average Bonchev–Trinajstić information content (AvgIpc) is 2.49. The quantitative estimate of drug-likeness (QED) is 0.534. The van der Waals surface area contributed by atoms with Gasteiger partial charge in [0.2, 0.25) is 0 Å². The number of rotatable bonds is 4. The first-order chi connectivity index (χ1) is 9.58. The molecule has 0 radical (unpaired) electrons. The Hall–Kier alpha value is -2.17. The van der Waals surface area contributed by atoms with Crippen molar-refractivity contribution >= 4 is 17.6 Å². The van der Waals surface area contributed by atoms with Gasteiger partial charge in [0.25, 0.3) is 0 Å². The largest absolute Gasteiger partial charge is 0.423 e. The molecule has 0 amide bonds. The maximum atomic E-state index is 11.9. The van der Waals surface area contributed by atoms with Gasteiger partial charge in [-0.25, -0.2) is 4.79 Å². The van der Waals surface area contributed by atoms with Crippen molar-refractivity contribution < 1.29 is 14.6 Å². The molecule has 5 heteroatoms. The van der Waals surface area contributed by atoms with Gasteiger partial charge in [0.15, 0.2) is 0 Å². The molecular formula is C15H12ClNO3. The molecule has 20 heavy (non-hydrogen) atoms. The summed E-state index contributed by atoms with van der Waals surface area (Å²) in [6, 6.07) is 9.64. The van der Waals surface area contributed by atoms with Crippen molar-refractivity contribution in [1.82, 2.24) is 4.98 Å². The minimum Gasteiger partial charge on any atom is -0.423 e. The van der Waals surface area contributed by atoms with E-state index >= 15 is 0 Å². The van der Waals surface area contributed by atoms with E-state index in [-0.39, 0.29) is 5.57 Å². The van der Waals surface area contributed by atoms with Crippen LogP contribution in [0.1, 0.15) is 11.7 Å². The zero-order chi connectivity index (χ0) is 14.5. The van der Waals surface area contributed by atoms with Crippen LogP contribution >= 0.6 is 11.6 Å². The lowest BCUT2D eigenvalue weighted by Crippen LogP contribution is -2.16. The second-order valence-electron chi connectivity index (χ2n) is 4.06. The molecule has 0 saturated carbocycles. The van der Waals surface area contributed by atoms with E-state index in [1.165, 1.54) is 6.20 Å². The summed E-state index contributed by atoms with van der Waals surface area (Å²) in [4.78, 5) is 15.8. The minimum atomic E-state index is -1.15. The van der Waals surface area contributed by atoms with E-state index in [4.69, 9.17) is 16.3 Å². The SMILES string of the molecule is C=C(C(=O)Oc1ccc(Cl)cc1)C(O)c1cccnc1. The molecule has 1 aromatic heterocycles. The van der Waals surface area contributed by atoms with E-state index in [9.17, 15) is 9.90 Å². The summed E-state index contributed by atoms with van der Waals surface area (Å²) in [5.74, 6) is -0.373. The number of benzene rings is 1. The number of esters is 1. The molecule has 2 aromatic rings. The Bertz CT molecular complexity index is 611. The van der Waals surface area contributed by atoms with E-state index in [0.717, 1.165) is 0 Å². The summed E-state index contributed by atoms with van der Waals surface area (Å²) in [6.45, 7) is 3.57. The molecule has 0 aliphatic heterocycles. The van der Waals surface area contributed by atoms with Crippen LogP contribution in [0.15, 0.2) is 60.9 Å². The van der Waals surface area contributed by atoms with Crippen molar-refractivity contribution in [2.24, 2.45) is 0 Å². The summed E-state index contributed by atoms with van der Waals surface area (Å²) in [5, 5.41) is 10.6. The lowest BCUT2D eigenvalue weighted by Gasteiger charge is -2.12. The second kappa shape index (κ2) is 6.32. The molecule has 0 saturated heterocycles. The molecule has 0 aliphatic rings. The van der Waals surface area contributed by atoms with E-state index in [1.807, 2.05) is 0 Å². The Morgan fingerprint density at radius 2 is 2.00 bits per heavy atom. The number of pyridine rings is 1. The summed E-state index contributed by atoms with van der Waals surface area (Å²) >= 11 is 5.74. The molecule has 1 N–H and O–H groups in total. The zero-order valence-corrected chi connectivity index (χ0v) is 11.2. The van der Waals surface area contributed by atoms with Crippen LogP contribution in [0.4, 0.5) is 0 Å². The third-order valence-electron chi connectivity index (χ3n) is 2.62. The number of nitrogens with zero attached hydrogens (tertiary/aromatic N) is 1. The van der Waals surface area contributed by atoms with E-state index in [2.05, 4.69) is 11.6 Å². The van der Waals surface area contributed by atoms with Crippen LogP contribution in [0.5, 0.6) is 5.75 Å². The number of halogens is 1. The van der Waals surface area contributed by atoms with Gasteiger partial charge in [-0.05, 0) is 30.3 Å². The Morgan fingerprint density at radius 1 is 1.30 bits per heavy atom. The van der Waals surface area contributed by atoms with E-state index in [1.54, 1.807) is 42.6 Å². The first kappa shape index (κ1) is 14.2. The Kier molecular flexibility index (Phi) is 4.50. The van der Waals surface area contributed by atoms with Crippen LogP contribution in [0.3, 0.4) is 0 Å². The summed E-state index contributed by atoms with van der Waals surface area (Å²) in [6.07, 6.45) is 1.89. The number of aliphatic hydroxyl groups is 1. The number of aromatic nitrogens is 1. The molecule has 0 fully saturated rings. The standard InChI is InChI=1S/C15H12ClNO3/c1-10(14(18)11-3-2-8-17-9-11)15(19)20-13-6-4-12(16)5-7-13/h2-9,14,18H,1H2. The Balaban J connectivity index is 2.05. The lowest BCUT2D eigenvalue weighted by molar-refractivity contribution is -0.131. The van der Waals surface area contributed by atoms with Gasteiger partial charge in [-0.3, -0.25) is 4.98 Å². The molecule has 0 spiro atoms. The van der Waals surface area contributed by atoms with Gasteiger partial charge in [0.05, 0.1) is 5.57 Å². The molecule has 1 heterocycles. The Labute approximate surface area is 121 Å². The predicted molar refractivity (Wildman–Crippen MR) is 75.4 cm³/mol. The molecule has 1 atom stereocenters.